The zero-order valence-electron chi connectivity index (χ0n) is 12.9. The molecule has 0 spiro atoms. The molecule has 0 N–H and O–H groups in total. The Bertz CT molecular complexity index is 784. The summed E-state index contributed by atoms with van der Waals surface area (Å²) in [6, 6.07) is 9.89. The Morgan fingerprint density at radius 2 is 0.500 bits per heavy atom. The normalized spacial score (nSPS) is 9.71. The van der Waals surface area contributed by atoms with Crippen LogP contribution in [0.15, 0.2) is 23.3 Å². The Hall–Kier alpha value is -5.54. The molecular weight excluding hydrogens is 388 g/mol. The highest BCUT2D eigenvalue weighted by molar-refractivity contribution is 6.21. The topological polar surface area (TPSA) is 224 Å². The van der Waals surface area contributed by atoms with Gasteiger partial charge in [0.25, 0.3) is 11.6 Å². The second-order valence-electron chi connectivity index (χ2n) is 2.81. The van der Waals surface area contributed by atoms with E-state index in [2.05, 4.69) is 0 Å². The fourth-order valence-electron chi connectivity index (χ4n) is 0.591. The van der Waals surface area contributed by atoms with Crippen molar-refractivity contribution >= 4 is 11.6 Å². The molecule has 14 heteroatoms. The van der Waals surface area contributed by atoms with Gasteiger partial charge in [-0.1, -0.05) is 0 Å². The standard InChI is InChI=1S/C6F4O2.4C2N2/c7-1-2(8)6(12)4(10)3(9)5(1)11;4*3-1-2-4. The first-order valence-corrected chi connectivity index (χ1v) is 5.45. The van der Waals surface area contributed by atoms with Crippen LogP contribution in [0, 0.1) is 90.6 Å². The number of halogens is 4. The van der Waals surface area contributed by atoms with E-state index in [9.17, 15) is 27.2 Å². The third-order valence-corrected chi connectivity index (χ3v) is 1.38. The van der Waals surface area contributed by atoms with Gasteiger partial charge in [-0.15, -0.1) is 0 Å². The zero-order valence-corrected chi connectivity index (χ0v) is 12.9. The summed E-state index contributed by atoms with van der Waals surface area (Å²) in [5.41, 5.74) is 0. The Morgan fingerprint density at radius 3 is 0.571 bits per heavy atom. The third kappa shape index (κ3) is 15.4. The summed E-state index contributed by atoms with van der Waals surface area (Å²) >= 11 is 0. The average molecular weight is 388 g/mol. The van der Waals surface area contributed by atoms with Gasteiger partial charge in [0.15, 0.2) is 48.6 Å². The number of allylic oxidation sites excluding steroid dienone is 4. The zero-order chi connectivity index (χ0) is 23.1. The molecule has 0 aromatic rings. The summed E-state index contributed by atoms with van der Waals surface area (Å²) in [5.74, 6) is -12.9. The van der Waals surface area contributed by atoms with E-state index in [0.717, 1.165) is 0 Å². The van der Waals surface area contributed by atoms with Crippen LogP contribution in [0.2, 0.25) is 0 Å². The van der Waals surface area contributed by atoms with Crippen LogP contribution in [-0.4, -0.2) is 11.6 Å². The Morgan fingerprint density at radius 1 is 0.393 bits per heavy atom. The molecular formula is C14F4N8O2. The van der Waals surface area contributed by atoms with Crippen molar-refractivity contribution < 1.29 is 27.2 Å². The molecule has 0 fully saturated rings. The molecule has 136 valence electrons. The van der Waals surface area contributed by atoms with Gasteiger partial charge in [0, 0.05) is 0 Å². The Kier molecular flexibility index (Phi) is 23.3. The first-order valence-electron chi connectivity index (χ1n) is 5.45. The molecule has 0 unspecified atom stereocenters. The number of carbonyl (C=O) groups is 2. The van der Waals surface area contributed by atoms with Gasteiger partial charge in [0.1, 0.15) is 0 Å². The maximum atomic E-state index is 12.1. The van der Waals surface area contributed by atoms with Crippen LogP contribution in [0.25, 0.3) is 0 Å². The molecule has 28 heavy (non-hydrogen) atoms. The molecule has 0 bridgehead atoms. The quantitative estimate of drug-likeness (QED) is 0.429. The number of nitriles is 8. The van der Waals surface area contributed by atoms with Gasteiger partial charge in [0.2, 0.25) is 23.3 Å². The van der Waals surface area contributed by atoms with E-state index in [4.69, 9.17) is 42.1 Å². The van der Waals surface area contributed by atoms with Crippen LogP contribution in [0.3, 0.4) is 0 Å². The summed E-state index contributed by atoms with van der Waals surface area (Å²) < 4.78 is 48.6. The molecule has 0 heterocycles. The summed E-state index contributed by atoms with van der Waals surface area (Å²) in [4.78, 5) is 20.4. The molecule has 0 aromatic carbocycles. The lowest BCUT2D eigenvalue weighted by molar-refractivity contribution is -0.120. The lowest BCUT2D eigenvalue weighted by Crippen LogP contribution is -2.16. The number of ketones is 2. The number of hydrogen-bond donors (Lipinski definition) is 0. The molecule has 0 aromatic heterocycles. The average Bonchev–Trinajstić information content (AvgIpc) is 2.75. The van der Waals surface area contributed by atoms with E-state index >= 15 is 0 Å². The molecule has 0 radical (unpaired) electrons. The summed E-state index contributed by atoms with van der Waals surface area (Å²) in [6.45, 7) is 0. The van der Waals surface area contributed by atoms with Gasteiger partial charge in [-0.3, -0.25) is 9.59 Å². The fourth-order valence-corrected chi connectivity index (χ4v) is 0.591. The number of hydrogen-bond acceptors (Lipinski definition) is 10. The third-order valence-electron chi connectivity index (χ3n) is 1.38. The lowest BCUT2D eigenvalue weighted by Gasteiger charge is -2.03. The van der Waals surface area contributed by atoms with Crippen molar-refractivity contribution in [3.05, 3.63) is 23.3 Å². The van der Waals surface area contributed by atoms with Crippen molar-refractivity contribution in [1.29, 1.82) is 42.1 Å². The predicted molar refractivity (Wildman–Crippen MR) is 73.4 cm³/mol. The van der Waals surface area contributed by atoms with E-state index in [1.165, 1.54) is 48.6 Å². The molecule has 0 aliphatic heterocycles. The van der Waals surface area contributed by atoms with Crippen LogP contribution < -0.4 is 0 Å². The molecule has 0 saturated carbocycles. The maximum absolute atomic E-state index is 12.1. The molecule has 0 saturated heterocycles. The minimum absolute atomic E-state index is 1.24. The molecule has 10 nitrogen and oxygen atoms in total. The monoisotopic (exact) mass is 388 g/mol. The number of carbonyl (C=O) groups excluding carboxylic acids is 2. The van der Waals surface area contributed by atoms with Crippen molar-refractivity contribution in [2.75, 3.05) is 0 Å². The van der Waals surface area contributed by atoms with Crippen LogP contribution in [0.5, 0.6) is 0 Å². The van der Waals surface area contributed by atoms with Crippen molar-refractivity contribution in [3.63, 3.8) is 0 Å². The van der Waals surface area contributed by atoms with Gasteiger partial charge in [-0.25, -0.2) is 0 Å². The SMILES string of the molecule is N#CC#N.N#CC#N.N#CC#N.N#CC#N.O=C1C(F)=C(F)C(=O)C(F)=C1F. The molecule has 0 atom stereocenters. The van der Waals surface area contributed by atoms with Gasteiger partial charge >= 0.3 is 0 Å². The Balaban J connectivity index is -0.000000150. The number of Topliss-reactive ketones (excluding diaryl/α,β-unsaturated/α-hetero) is 2. The van der Waals surface area contributed by atoms with E-state index in [1.54, 1.807) is 0 Å². The van der Waals surface area contributed by atoms with E-state index in [0.29, 0.717) is 0 Å². The van der Waals surface area contributed by atoms with E-state index < -0.39 is 34.9 Å². The second-order valence-corrected chi connectivity index (χ2v) is 2.81. The van der Waals surface area contributed by atoms with E-state index in [-0.39, 0.29) is 0 Å². The fraction of sp³-hybridized carbons (Fsp3) is 0. The van der Waals surface area contributed by atoms with Gasteiger partial charge in [-0.2, -0.15) is 59.7 Å². The summed E-state index contributed by atoms with van der Waals surface area (Å²) in [7, 11) is 0. The first-order chi connectivity index (χ1) is 13.1. The van der Waals surface area contributed by atoms with Crippen LogP contribution in [0.1, 0.15) is 0 Å². The minimum atomic E-state index is -2.20. The van der Waals surface area contributed by atoms with Gasteiger partial charge in [-0.05, 0) is 0 Å². The van der Waals surface area contributed by atoms with Crippen molar-refractivity contribution in [2.45, 2.75) is 0 Å². The minimum Gasteiger partial charge on any atom is -0.283 e. The van der Waals surface area contributed by atoms with Crippen LogP contribution in [0.4, 0.5) is 17.6 Å². The van der Waals surface area contributed by atoms with Crippen LogP contribution in [-0.2, 0) is 9.59 Å². The van der Waals surface area contributed by atoms with Gasteiger partial charge in [0.05, 0.1) is 0 Å². The maximum Gasteiger partial charge on any atom is 0.256 e. The van der Waals surface area contributed by atoms with Crippen molar-refractivity contribution in [3.8, 4) is 48.6 Å². The van der Waals surface area contributed by atoms with E-state index in [1.807, 2.05) is 0 Å². The van der Waals surface area contributed by atoms with Crippen molar-refractivity contribution in [2.24, 2.45) is 0 Å². The first kappa shape index (κ1) is 30.4. The molecule has 1 aliphatic rings. The molecule has 1 rings (SSSR count). The molecule has 1 aliphatic carbocycles. The highest BCUT2D eigenvalue weighted by Crippen LogP contribution is 2.27. The molecule has 0 amide bonds. The van der Waals surface area contributed by atoms with Crippen molar-refractivity contribution in [1.82, 2.24) is 0 Å². The second kappa shape index (κ2) is 21.5. The Labute approximate surface area is 153 Å². The summed E-state index contributed by atoms with van der Waals surface area (Å²) in [6.07, 6.45) is 0. The van der Waals surface area contributed by atoms with Crippen LogP contribution >= 0.6 is 0 Å². The highest BCUT2D eigenvalue weighted by Gasteiger charge is 2.36. The van der Waals surface area contributed by atoms with Gasteiger partial charge < -0.3 is 0 Å². The summed E-state index contributed by atoms with van der Waals surface area (Å²) in [5, 5.41) is 58.1. The highest BCUT2D eigenvalue weighted by atomic mass is 19.2. The lowest BCUT2D eigenvalue weighted by atomic mass is 10.1. The number of nitrogens with zero attached hydrogens (tertiary/aromatic N) is 8. The number of rotatable bonds is 0. The largest absolute Gasteiger partial charge is 0.283 e. The smallest absolute Gasteiger partial charge is 0.256 e. The predicted octanol–water partition coefficient (Wildman–Crippen LogP) is 1.57.